The van der Waals surface area contributed by atoms with E-state index in [-0.39, 0.29) is 0 Å². The fraction of sp³-hybridized carbons (Fsp3) is 0.727. The highest BCUT2D eigenvalue weighted by Crippen LogP contribution is 2.18. The highest BCUT2D eigenvalue weighted by Gasteiger charge is 2.19. The largest absolute Gasteiger partial charge is 0.313 e. The molecule has 1 heterocycles. The molecule has 2 rings (SSSR count). The van der Waals surface area contributed by atoms with E-state index in [9.17, 15) is 0 Å². The summed E-state index contributed by atoms with van der Waals surface area (Å²) in [7, 11) is 0. The lowest BCUT2D eigenvalue weighted by molar-refractivity contribution is 0.542. The minimum absolute atomic E-state index is 0.379. The molecule has 1 aromatic heterocycles. The Hall–Kier alpha value is -0.450. The van der Waals surface area contributed by atoms with Gasteiger partial charge in [-0.05, 0) is 26.7 Å². The van der Waals surface area contributed by atoms with Gasteiger partial charge in [0.15, 0.2) is 0 Å². The summed E-state index contributed by atoms with van der Waals surface area (Å²) < 4.78 is 0. The van der Waals surface area contributed by atoms with Crippen molar-refractivity contribution in [2.75, 3.05) is 13.1 Å². The van der Waals surface area contributed by atoms with E-state index in [1.165, 1.54) is 17.8 Å². The number of rotatable bonds is 6. The maximum absolute atomic E-state index is 4.47. The van der Waals surface area contributed by atoms with E-state index in [0.717, 1.165) is 24.8 Å². The van der Waals surface area contributed by atoms with Crippen molar-refractivity contribution >= 4 is 11.3 Å². The van der Waals surface area contributed by atoms with Gasteiger partial charge >= 0.3 is 0 Å². The Bertz CT molecular complexity index is 307. The van der Waals surface area contributed by atoms with Crippen LogP contribution in [0.3, 0.4) is 0 Å². The summed E-state index contributed by atoms with van der Waals surface area (Å²) in [5.41, 5.74) is 1.12. The predicted octanol–water partition coefficient (Wildman–Crippen LogP) is 1.85. The van der Waals surface area contributed by atoms with E-state index in [1.807, 2.05) is 6.92 Å². The fourth-order valence-corrected chi connectivity index (χ4v) is 2.34. The molecule has 0 spiro atoms. The van der Waals surface area contributed by atoms with Crippen LogP contribution in [0.1, 0.15) is 36.5 Å². The number of nitrogens with zero attached hydrogens (tertiary/aromatic N) is 1. The van der Waals surface area contributed by atoms with Crippen molar-refractivity contribution in [2.24, 2.45) is 0 Å². The molecule has 0 radical (unpaired) electrons. The van der Waals surface area contributed by atoms with Crippen molar-refractivity contribution in [3.8, 4) is 0 Å². The molecule has 1 aliphatic carbocycles. The summed E-state index contributed by atoms with van der Waals surface area (Å²) in [4.78, 5) is 4.47. The number of hydrogen-bond acceptors (Lipinski definition) is 4. The Labute approximate surface area is 95.3 Å². The zero-order valence-corrected chi connectivity index (χ0v) is 10.2. The van der Waals surface area contributed by atoms with E-state index in [4.69, 9.17) is 0 Å². The van der Waals surface area contributed by atoms with E-state index in [1.54, 1.807) is 11.3 Å². The molecular weight excluding hydrogens is 206 g/mol. The minimum Gasteiger partial charge on any atom is -0.313 e. The van der Waals surface area contributed by atoms with Crippen LogP contribution in [0.25, 0.3) is 0 Å². The Balaban J connectivity index is 1.64. The SMILES string of the molecule is Cc1csc(C(C)NCCNC2CC2)n1. The minimum atomic E-state index is 0.379. The van der Waals surface area contributed by atoms with Gasteiger partial charge in [0.25, 0.3) is 0 Å². The van der Waals surface area contributed by atoms with Crippen LogP contribution < -0.4 is 10.6 Å². The topological polar surface area (TPSA) is 37.0 Å². The Kier molecular flexibility index (Phi) is 3.72. The maximum atomic E-state index is 4.47. The van der Waals surface area contributed by atoms with Crippen LogP contribution >= 0.6 is 11.3 Å². The molecule has 1 fully saturated rings. The Morgan fingerprint density at radius 3 is 2.93 bits per heavy atom. The van der Waals surface area contributed by atoms with Crippen LogP contribution in [0.5, 0.6) is 0 Å². The fourth-order valence-electron chi connectivity index (χ4n) is 1.51. The molecule has 1 aromatic rings. The standard InChI is InChI=1S/C11H19N3S/c1-8-7-15-11(14-8)9(2)12-5-6-13-10-3-4-10/h7,9-10,12-13H,3-6H2,1-2H3. The van der Waals surface area contributed by atoms with E-state index >= 15 is 0 Å². The molecule has 1 aliphatic rings. The van der Waals surface area contributed by atoms with Gasteiger partial charge in [0.2, 0.25) is 0 Å². The lowest BCUT2D eigenvalue weighted by Gasteiger charge is -2.11. The maximum Gasteiger partial charge on any atom is 0.110 e. The number of thiazole rings is 1. The van der Waals surface area contributed by atoms with E-state index in [0.29, 0.717) is 6.04 Å². The van der Waals surface area contributed by atoms with Crippen LogP contribution in [0, 0.1) is 6.92 Å². The number of nitrogens with one attached hydrogen (secondary N) is 2. The third-order valence-electron chi connectivity index (χ3n) is 2.59. The van der Waals surface area contributed by atoms with Crippen LogP contribution in [0.4, 0.5) is 0 Å². The van der Waals surface area contributed by atoms with Crippen LogP contribution in [-0.2, 0) is 0 Å². The van der Waals surface area contributed by atoms with Crippen molar-refractivity contribution < 1.29 is 0 Å². The zero-order valence-electron chi connectivity index (χ0n) is 9.42. The van der Waals surface area contributed by atoms with Gasteiger partial charge in [-0.15, -0.1) is 11.3 Å². The molecule has 84 valence electrons. The van der Waals surface area contributed by atoms with Gasteiger partial charge in [0, 0.05) is 30.2 Å². The third-order valence-corrected chi connectivity index (χ3v) is 3.74. The molecule has 2 N–H and O–H groups in total. The molecule has 0 bridgehead atoms. The number of hydrogen-bond donors (Lipinski definition) is 2. The normalized spacial score (nSPS) is 18.0. The average molecular weight is 225 g/mol. The summed E-state index contributed by atoms with van der Waals surface area (Å²) in [6.07, 6.45) is 2.72. The monoisotopic (exact) mass is 225 g/mol. The molecule has 0 saturated heterocycles. The van der Waals surface area contributed by atoms with Crippen molar-refractivity contribution in [1.29, 1.82) is 0 Å². The van der Waals surface area contributed by atoms with Crippen LogP contribution in [0.2, 0.25) is 0 Å². The Morgan fingerprint density at radius 1 is 1.53 bits per heavy atom. The summed E-state index contributed by atoms with van der Waals surface area (Å²) in [6, 6.07) is 1.19. The first-order valence-corrected chi connectivity index (χ1v) is 6.52. The molecule has 0 aliphatic heterocycles. The number of aryl methyl sites for hydroxylation is 1. The van der Waals surface area contributed by atoms with Crippen molar-refractivity contribution in [3.05, 3.63) is 16.1 Å². The van der Waals surface area contributed by atoms with Crippen molar-refractivity contribution in [2.45, 2.75) is 38.8 Å². The highest BCUT2D eigenvalue weighted by molar-refractivity contribution is 7.09. The molecule has 4 heteroatoms. The summed E-state index contributed by atoms with van der Waals surface area (Å²) in [5.74, 6) is 0. The van der Waals surface area contributed by atoms with Crippen molar-refractivity contribution in [1.82, 2.24) is 15.6 Å². The second-order valence-electron chi connectivity index (χ2n) is 4.23. The summed E-state index contributed by atoms with van der Waals surface area (Å²) >= 11 is 1.74. The highest BCUT2D eigenvalue weighted by atomic mass is 32.1. The molecular formula is C11H19N3S. The summed E-state index contributed by atoms with van der Waals surface area (Å²) in [5, 5.41) is 10.3. The summed E-state index contributed by atoms with van der Waals surface area (Å²) in [6.45, 7) is 6.31. The molecule has 1 saturated carbocycles. The lowest BCUT2D eigenvalue weighted by Crippen LogP contribution is -2.30. The van der Waals surface area contributed by atoms with Gasteiger partial charge in [-0.25, -0.2) is 4.98 Å². The van der Waals surface area contributed by atoms with Gasteiger partial charge in [-0.3, -0.25) is 0 Å². The third kappa shape index (κ3) is 3.55. The van der Waals surface area contributed by atoms with Crippen LogP contribution in [-0.4, -0.2) is 24.1 Å². The van der Waals surface area contributed by atoms with Gasteiger partial charge < -0.3 is 10.6 Å². The van der Waals surface area contributed by atoms with Crippen molar-refractivity contribution in [3.63, 3.8) is 0 Å². The van der Waals surface area contributed by atoms with Gasteiger partial charge in [-0.2, -0.15) is 0 Å². The number of aromatic nitrogens is 1. The van der Waals surface area contributed by atoms with Gasteiger partial charge in [0.05, 0.1) is 6.04 Å². The first-order valence-electron chi connectivity index (χ1n) is 5.64. The average Bonchev–Trinajstić information content (AvgIpc) is 2.94. The van der Waals surface area contributed by atoms with Gasteiger partial charge in [-0.1, -0.05) is 0 Å². The van der Waals surface area contributed by atoms with E-state index < -0.39 is 0 Å². The zero-order chi connectivity index (χ0) is 10.7. The van der Waals surface area contributed by atoms with Crippen LogP contribution in [0.15, 0.2) is 5.38 Å². The molecule has 1 atom stereocenters. The molecule has 15 heavy (non-hydrogen) atoms. The quantitative estimate of drug-likeness (QED) is 0.726. The first kappa shape index (κ1) is 11.0. The van der Waals surface area contributed by atoms with Gasteiger partial charge in [0.1, 0.15) is 5.01 Å². The lowest BCUT2D eigenvalue weighted by atomic mass is 10.3. The molecule has 1 unspecified atom stereocenters. The smallest absolute Gasteiger partial charge is 0.110 e. The Morgan fingerprint density at radius 2 is 2.33 bits per heavy atom. The first-order chi connectivity index (χ1) is 7.25. The second kappa shape index (κ2) is 5.05. The molecule has 0 amide bonds. The molecule has 0 aromatic carbocycles. The molecule has 3 nitrogen and oxygen atoms in total. The predicted molar refractivity (Wildman–Crippen MR) is 64.3 cm³/mol. The van der Waals surface area contributed by atoms with E-state index in [2.05, 4.69) is 27.9 Å². The second-order valence-corrected chi connectivity index (χ2v) is 5.12.